The van der Waals surface area contributed by atoms with Gasteiger partial charge in [0.15, 0.2) is 16.6 Å². The zero-order chi connectivity index (χ0) is 31.4. The number of benzene rings is 1. The van der Waals surface area contributed by atoms with Crippen LogP contribution in [0.5, 0.6) is 11.5 Å². The first-order valence-corrected chi connectivity index (χ1v) is 15.1. The second-order valence-corrected chi connectivity index (χ2v) is 11.9. The fourth-order valence-electron chi connectivity index (χ4n) is 5.46. The van der Waals surface area contributed by atoms with E-state index in [9.17, 15) is 27.9 Å². The molecule has 2 aliphatic heterocycles. The van der Waals surface area contributed by atoms with Gasteiger partial charge < -0.3 is 19.5 Å². The van der Waals surface area contributed by atoms with Crippen LogP contribution in [0.15, 0.2) is 30.6 Å². The second-order valence-electron chi connectivity index (χ2n) is 10.8. The SMILES string of the molecule is COc1ccc(-c2nc(NC(=O)c3cnc(N4CCC(C(=O)O)CC4)cn3)sc2CN2CCCCC2C)cc1OC(F)(F)F. The van der Waals surface area contributed by atoms with Gasteiger partial charge in [0, 0.05) is 36.1 Å². The molecule has 0 radical (unpaired) electrons. The molecule has 44 heavy (non-hydrogen) atoms. The van der Waals surface area contributed by atoms with E-state index in [0.29, 0.717) is 55.6 Å². The number of hydrogen-bond acceptors (Lipinski definition) is 10. The number of aromatic nitrogens is 3. The molecule has 1 unspecified atom stereocenters. The predicted octanol–water partition coefficient (Wildman–Crippen LogP) is 5.44. The number of methoxy groups -OCH3 is 1. The Bertz CT molecular complexity index is 1480. The molecule has 1 atom stereocenters. The summed E-state index contributed by atoms with van der Waals surface area (Å²) in [7, 11) is 1.26. The molecule has 2 aliphatic rings. The lowest BCUT2D eigenvalue weighted by atomic mass is 9.97. The topological polar surface area (TPSA) is 130 Å². The van der Waals surface area contributed by atoms with Crippen LogP contribution in [0.3, 0.4) is 0 Å². The molecule has 1 amide bonds. The van der Waals surface area contributed by atoms with Crippen molar-refractivity contribution in [1.82, 2.24) is 19.9 Å². The van der Waals surface area contributed by atoms with Gasteiger partial charge in [0.25, 0.3) is 5.91 Å². The summed E-state index contributed by atoms with van der Waals surface area (Å²) in [5.74, 6) is -1.73. The highest BCUT2D eigenvalue weighted by molar-refractivity contribution is 7.16. The molecule has 5 rings (SSSR count). The van der Waals surface area contributed by atoms with E-state index >= 15 is 0 Å². The molecule has 2 fully saturated rings. The number of nitrogens with one attached hydrogen (secondary N) is 1. The molecule has 11 nitrogen and oxygen atoms in total. The van der Waals surface area contributed by atoms with Crippen molar-refractivity contribution in [3.8, 4) is 22.8 Å². The summed E-state index contributed by atoms with van der Waals surface area (Å²) < 4.78 is 48.7. The van der Waals surface area contributed by atoms with E-state index in [0.717, 1.165) is 30.7 Å². The normalized spacial score (nSPS) is 18.2. The smallest absolute Gasteiger partial charge is 0.493 e. The standard InChI is InChI=1S/C29H33F3N6O5S/c1-17-5-3-4-10-38(17)16-23-25(19-6-7-21(42-2)22(13-19)43-29(30,31)32)35-28(44-23)36-26(39)20-14-34-24(15-33-20)37-11-8-18(9-12-37)27(40)41/h6-7,13-15,17-18H,3-5,8-12,16H2,1-2H3,(H,40,41)(H,35,36,39). The summed E-state index contributed by atoms with van der Waals surface area (Å²) in [6.45, 7) is 4.58. The van der Waals surface area contributed by atoms with E-state index in [1.807, 2.05) is 4.90 Å². The van der Waals surface area contributed by atoms with E-state index in [4.69, 9.17) is 4.74 Å². The molecule has 0 aliphatic carbocycles. The van der Waals surface area contributed by atoms with Gasteiger partial charge in [-0.15, -0.1) is 13.2 Å². The minimum atomic E-state index is -4.91. The molecule has 2 aromatic heterocycles. The molecule has 2 N–H and O–H groups in total. The molecule has 2 saturated heterocycles. The van der Waals surface area contributed by atoms with Crippen molar-refractivity contribution in [2.75, 3.05) is 37.0 Å². The lowest BCUT2D eigenvalue weighted by Crippen LogP contribution is -2.36. The number of carboxylic acids is 1. The third-order valence-corrected chi connectivity index (χ3v) is 8.86. The van der Waals surface area contributed by atoms with Gasteiger partial charge in [-0.05, 0) is 57.4 Å². The Morgan fingerprint density at radius 3 is 2.50 bits per heavy atom. The molecule has 0 saturated carbocycles. The van der Waals surface area contributed by atoms with Crippen molar-refractivity contribution in [2.45, 2.75) is 58.0 Å². The fraction of sp³-hybridized carbons (Fsp3) is 0.483. The summed E-state index contributed by atoms with van der Waals surface area (Å²) >= 11 is 1.25. The van der Waals surface area contributed by atoms with E-state index in [2.05, 4.69) is 36.8 Å². The number of anilines is 2. The van der Waals surface area contributed by atoms with Crippen LogP contribution in [0.25, 0.3) is 11.3 Å². The molecular formula is C29H33F3N6O5S. The number of alkyl halides is 3. The Morgan fingerprint density at radius 2 is 1.86 bits per heavy atom. The minimum Gasteiger partial charge on any atom is -0.493 e. The van der Waals surface area contributed by atoms with Gasteiger partial charge in [0.05, 0.1) is 31.1 Å². The van der Waals surface area contributed by atoms with Gasteiger partial charge in [-0.25, -0.2) is 15.0 Å². The number of carbonyl (C=O) groups excluding carboxylic acids is 1. The number of amides is 1. The van der Waals surface area contributed by atoms with Crippen LogP contribution in [-0.4, -0.2) is 76.0 Å². The summed E-state index contributed by atoms with van der Waals surface area (Å²) in [5.41, 5.74) is 0.878. The maximum atomic E-state index is 13.1. The number of rotatable bonds is 9. The van der Waals surface area contributed by atoms with Crippen molar-refractivity contribution in [1.29, 1.82) is 0 Å². The lowest BCUT2D eigenvalue weighted by Gasteiger charge is -2.33. The number of likely N-dealkylation sites (tertiary alicyclic amines) is 1. The summed E-state index contributed by atoms with van der Waals surface area (Å²) in [6.07, 6.45) is 2.13. The average molecular weight is 635 g/mol. The van der Waals surface area contributed by atoms with Gasteiger partial charge in [0.2, 0.25) is 0 Å². The summed E-state index contributed by atoms with van der Waals surface area (Å²) in [6, 6.07) is 4.55. The molecule has 0 bridgehead atoms. The highest BCUT2D eigenvalue weighted by Crippen LogP contribution is 2.39. The van der Waals surface area contributed by atoms with E-state index in [1.54, 1.807) is 6.07 Å². The lowest BCUT2D eigenvalue weighted by molar-refractivity contribution is -0.275. The Balaban J connectivity index is 1.37. The quantitative estimate of drug-likeness (QED) is 0.314. The summed E-state index contributed by atoms with van der Waals surface area (Å²) in [5, 5.41) is 12.2. The number of nitrogens with zero attached hydrogens (tertiary/aromatic N) is 5. The number of aliphatic carboxylic acids is 1. The Kier molecular flexibility index (Phi) is 9.53. The van der Waals surface area contributed by atoms with Crippen LogP contribution in [0, 0.1) is 5.92 Å². The van der Waals surface area contributed by atoms with Crippen molar-refractivity contribution in [2.24, 2.45) is 5.92 Å². The zero-order valence-corrected chi connectivity index (χ0v) is 25.1. The Hall–Kier alpha value is -3.98. The zero-order valence-electron chi connectivity index (χ0n) is 24.3. The van der Waals surface area contributed by atoms with E-state index in [1.165, 1.54) is 43.0 Å². The largest absolute Gasteiger partial charge is 0.573 e. The monoisotopic (exact) mass is 634 g/mol. The second kappa shape index (κ2) is 13.3. The maximum Gasteiger partial charge on any atom is 0.573 e. The van der Waals surface area contributed by atoms with Gasteiger partial charge >= 0.3 is 12.3 Å². The molecule has 15 heteroatoms. The van der Waals surface area contributed by atoms with Gasteiger partial charge in [-0.3, -0.25) is 19.8 Å². The van der Waals surface area contributed by atoms with E-state index < -0.39 is 24.0 Å². The van der Waals surface area contributed by atoms with Crippen molar-refractivity contribution in [3.05, 3.63) is 41.2 Å². The van der Waals surface area contributed by atoms with Crippen molar-refractivity contribution < 1.29 is 37.3 Å². The average Bonchev–Trinajstić information content (AvgIpc) is 3.39. The molecule has 236 valence electrons. The van der Waals surface area contributed by atoms with Crippen LogP contribution >= 0.6 is 11.3 Å². The van der Waals surface area contributed by atoms with Gasteiger partial charge in [0.1, 0.15) is 11.5 Å². The highest BCUT2D eigenvalue weighted by Gasteiger charge is 2.33. The molecule has 4 heterocycles. The van der Waals surface area contributed by atoms with E-state index in [-0.39, 0.29) is 22.5 Å². The molecule has 0 spiro atoms. The Labute approximate surface area is 256 Å². The Morgan fingerprint density at radius 1 is 1.09 bits per heavy atom. The third-order valence-electron chi connectivity index (χ3n) is 7.91. The first-order valence-electron chi connectivity index (χ1n) is 14.3. The van der Waals surface area contributed by atoms with Gasteiger partial charge in [-0.2, -0.15) is 0 Å². The predicted molar refractivity (Wildman–Crippen MR) is 157 cm³/mol. The first-order chi connectivity index (χ1) is 21.0. The number of piperidine rings is 2. The first kappa shape index (κ1) is 31.4. The molecular weight excluding hydrogens is 601 g/mol. The molecule has 1 aromatic carbocycles. The number of carbonyl (C=O) groups is 2. The van der Waals surface area contributed by atoms with Gasteiger partial charge in [-0.1, -0.05) is 17.8 Å². The number of thiazole rings is 1. The van der Waals surface area contributed by atoms with Crippen molar-refractivity contribution in [3.63, 3.8) is 0 Å². The summed E-state index contributed by atoms with van der Waals surface area (Å²) in [4.78, 5) is 42.6. The van der Waals surface area contributed by atoms with Crippen LogP contribution in [0.4, 0.5) is 24.1 Å². The number of hydrogen-bond donors (Lipinski definition) is 2. The number of ether oxygens (including phenoxy) is 2. The number of carboxylic acid groups (broad SMARTS) is 1. The van der Waals surface area contributed by atoms with Crippen molar-refractivity contribution >= 4 is 34.2 Å². The number of halogens is 3. The van der Waals surface area contributed by atoms with Crippen LogP contribution in [0.2, 0.25) is 0 Å². The highest BCUT2D eigenvalue weighted by atomic mass is 32.1. The minimum absolute atomic E-state index is 0.0578. The van der Waals surface area contributed by atoms with Crippen LogP contribution in [0.1, 0.15) is 54.4 Å². The third kappa shape index (κ3) is 7.56. The fourth-order valence-corrected chi connectivity index (χ4v) is 6.47. The van der Waals surface area contributed by atoms with Crippen LogP contribution < -0.4 is 19.7 Å². The maximum absolute atomic E-state index is 13.1. The molecule has 3 aromatic rings. The van der Waals surface area contributed by atoms with Crippen LogP contribution in [-0.2, 0) is 11.3 Å².